The molecule has 7 nitrogen and oxygen atoms in total. The molecule has 4 N–H and O–H groups in total. The van der Waals surface area contributed by atoms with Crippen molar-refractivity contribution >= 4 is 23.0 Å². The Balaban J connectivity index is 1.48. The van der Waals surface area contributed by atoms with Crippen molar-refractivity contribution in [3.63, 3.8) is 0 Å². The van der Waals surface area contributed by atoms with Crippen LogP contribution < -0.4 is 10.8 Å². The molecule has 0 aliphatic heterocycles. The molecule has 3 heterocycles. The Kier molecular flexibility index (Phi) is 5.50. The van der Waals surface area contributed by atoms with Crippen LogP contribution in [0.25, 0.3) is 17.1 Å². The van der Waals surface area contributed by atoms with Gasteiger partial charge in [0.05, 0.1) is 5.69 Å². The minimum Gasteiger partial charge on any atom is -0.346 e. The molecule has 0 radical (unpaired) electrons. The van der Waals surface area contributed by atoms with Crippen molar-refractivity contribution in [1.29, 1.82) is 0 Å². The van der Waals surface area contributed by atoms with Gasteiger partial charge in [-0.15, -0.1) is 0 Å². The summed E-state index contributed by atoms with van der Waals surface area (Å²) in [6.07, 6.45) is 9.16. The van der Waals surface area contributed by atoms with Gasteiger partial charge in [0, 0.05) is 36.6 Å². The normalized spacial score (nSPS) is 11.2. The van der Waals surface area contributed by atoms with Crippen molar-refractivity contribution in [2.45, 2.75) is 13.0 Å². The molecule has 0 saturated heterocycles. The maximum atomic E-state index is 10.9. The number of pyridine rings is 2. The van der Waals surface area contributed by atoms with E-state index < -0.39 is 5.91 Å². The molecule has 0 unspecified atom stereocenters. The van der Waals surface area contributed by atoms with Crippen LogP contribution in [-0.2, 0) is 17.8 Å². The number of rotatable bonds is 7. The highest BCUT2D eigenvalue weighted by atomic mass is 16.5. The standard InChI is InChI=1S/C18H19N5O2/c24-17(23-25)4-3-15-2-1-13(12-22-15)11-19-8-5-14-6-9-20-18-16(14)7-10-21-18/h1-4,6-7,9-10,12,19,25H,5,8,11H2,(H,20,21)(H,23,24)/b4-3+. The molecule has 7 heteroatoms. The predicted molar refractivity (Wildman–Crippen MR) is 94.7 cm³/mol. The summed E-state index contributed by atoms with van der Waals surface area (Å²) in [4.78, 5) is 22.6. The molecule has 128 valence electrons. The van der Waals surface area contributed by atoms with Crippen LogP contribution in [0.4, 0.5) is 0 Å². The van der Waals surface area contributed by atoms with Crippen molar-refractivity contribution in [1.82, 2.24) is 25.7 Å². The Labute approximate surface area is 144 Å². The Morgan fingerprint density at radius 2 is 2.16 bits per heavy atom. The molecule has 3 rings (SSSR count). The number of carbonyl (C=O) groups is 1. The topological polar surface area (TPSA) is 103 Å². The summed E-state index contributed by atoms with van der Waals surface area (Å²) >= 11 is 0. The molecule has 0 aromatic carbocycles. The van der Waals surface area contributed by atoms with Gasteiger partial charge in [-0.3, -0.25) is 15.0 Å². The number of aromatic nitrogens is 3. The summed E-state index contributed by atoms with van der Waals surface area (Å²) in [6.45, 7) is 1.57. The van der Waals surface area contributed by atoms with E-state index >= 15 is 0 Å². The van der Waals surface area contributed by atoms with Crippen LogP contribution in [0.1, 0.15) is 16.8 Å². The lowest BCUT2D eigenvalue weighted by atomic mass is 10.1. The smallest absolute Gasteiger partial charge is 0.267 e. The van der Waals surface area contributed by atoms with Gasteiger partial charge in [0.15, 0.2) is 0 Å². The van der Waals surface area contributed by atoms with E-state index in [4.69, 9.17) is 5.21 Å². The molecule has 0 bridgehead atoms. The van der Waals surface area contributed by atoms with Crippen molar-refractivity contribution in [3.8, 4) is 0 Å². The van der Waals surface area contributed by atoms with Crippen LogP contribution in [0.15, 0.2) is 48.9 Å². The Bertz CT molecular complexity index is 871. The van der Waals surface area contributed by atoms with Crippen molar-refractivity contribution in [2.24, 2.45) is 0 Å². The lowest BCUT2D eigenvalue weighted by Gasteiger charge is -2.06. The lowest BCUT2D eigenvalue weighted by molar-refractivity contribution is -0.124. The molecule has 0 spiro atoms. The number of aromatic amines is 1. The molecular weight excluding hydrogens is 318 g/mol. The number of carbonyl (C=O) groups excluding carboxylic acids is 1. The van der Waals surface area contributed by atoms with Gasteiger partial charge in [-0.2, -0.15) is 0 Å². The minimum atomic E-state index is -0.583. The van der Waals surface area contributed by atoms with E-state index in [1.165, 1.54) is 23.2 Å². The third-order valence-corrected chi connectivity index (χ3v) is 3.81. The molecule has 0 saturated carbocycles. The van der Waals surface area contributed by atoms with Crippen molar-refractivity contribution < 1.29 is 10.0 Å². The van der Waals surface area contributed by atoms with Gasteiger partial charge in [-0.05, 0) is 48.4 Å². The molecular formula is C18H19N5O2. The van der Waals surface area contributed by atoms with Gasteiger partial charge in [-0.25, -0.2) is 10.5 Å². The molecule has 0 fully saturated rings. The van der Waals surface area contributed by atoms with E-state index in [-0.39, 0.29) is 0 Å². The predicted octanol–water partition coefficient (Wildman–Crippen LogP) is 1.81. The Morgan fingerprint density at radius 1 is 1.24 bits per heavy atom. The second kappa shape index (κ2) is 8.18. The number of fused-ring (bicyclic) bond motifs is 1. The molecule has 0 aliphatic carbocycles. The van der Waals surface area contributed by atoms with E-state index in [0.29, 0.717) is 5.69 Å². The van der Waals surface area contributed by atoms with Crippen LogP contribution in [0.2, 0.25) is 0 Å². The Hall–Kier alpha value is -3.03. The number of nitrogens with one attached hydrogen (secondary N) is 3. The first kappa shape index (κ1) is 16.8. The van der Waals surface area contributed by atoms with Crippen molar-refractivity contribution in [3.05, 3.63) is 65.8 Å². The zero-order chi connectivity index (χ0) is 17.5. The maximum Gasteiger partial charge on any atom is 0.267 e. The fraction of sp³-hybridized carbons (Fsp3) is 0.167. The lowest BCUT2D eigenvalue weighted by Crippen LogP contribution is -2.17. The average molecular weight is 337 g/mol. The first-order valence-electron chi connectivity index (χ1n) is 7.95. The van der Waals surface area contributed by atoms with Gasteiger partial charge in [0.25, 0.3) is 5.91 Å². The number of hydroxylamine groups is 1. The number of nitrogens with zero attached hydrogens (tertiary/aromatic N) is 2. The van der Waals surface area contributed by atoms with Crippen LogP contribution in [0, 0.1) is 0 Å². The Morgan fingerprint density at radius 3 is 2.96 bits per heavy atom. The van der Waals surface area contributed by atoms with E-state index in [0.717, 1.165) is 36.1 Å². The summed E-state index contributed by atoms with van der Waals surface area (Å²) in [7, 11) is 0. The maximum absolute atomic E-state index is 10.9. The molecule has 0 aliphatic rings. The molecule has 25 heavy (non-hydrogen) atoms. The molecule has 3 aromatic heterocycles. The minimum absolute atomic E-state index is 0.583. The highest BCUT2D eigenvalue weighted by Crippen LogP contribution is 2.15. The van der Waals surface area contributed by atoms with E-state index in [9.17, 15) is 4.79 Å². The molecule has 3 aromatic rings. The second-order valence-corrected chi connectivity index (χ2v) is 5.54. The van der Waals surface area contributed by atoms with Crippen LogP contribution in [0.5, 0.6) is 0 Å². The molecule has 0 atom stereocenters. The fourth-order valence-electron chi connectivity index (χ4n) is 2.53. The zero-order valence-electron chi connectivity index (χ0n) is 13.6. The first-order chi connectivity index (χ1) is 12.3. The first-order valence-corrected chi connectivity index (χ1v) is 7.95. The van der Waals surface area contributed by atoms with Gasteiger partial charge in [0.2, 0.25) is 0 Å². The quantitative estimate of drug-likeness (QED) is 0.228. The van der Waals surface area contributed by atoms with Gasteiger partial charge < -0.3 is 10.3 Å². The number of amides is 1. The number of H-pyrrole nitrogens is 1. The SMILES string of the molecule is O=C(/C=C/c1ccc(CNCCc2ccnc3[nH]ccc23)cn1)NO. The largest absolute Gasteiger partial charge is 0.346 e. The summed E-state index contributed by atoms with van der Waals surface area (Å²) in [6, 6.07) is 7.87. The van der Waals surface area contributed by atoms with Crippen LogP contribution in [0.3, 0.4) is 0 Å². The monoisotopic (exact) mass is 337 g/mol. The summed E-state index contributed by atoms with van der Waals surface area (Å²) < 4.78 is 0. The second-order valence-electron chi connectivity index (χ2n) is 5.54. The fourth-order valence-corrected chi connectivity index (χ4v) is 2.53. The third kappa shape index (κ3) is 4.50. The summed E-state index contributed by atoms with van der Waals surface area (Å²) in [5.41, 5.74) is 5.43. The van der Waals surface area contributed by atoms with E-state index in [1.54, 1.807) is 6.20 Å². The zero-order valence-corrected chi connectivity index (χ0v) is 13.6. The number of hydrogen-bond donors (Lipinski definition) is 4. The van der Waals surface area contributed by atoms with E-state index in [1.807, 2.05) is 36.7 Å². The highest BCUT2D eigenvalue weighted by molar-refractivity contribution is 5.90. The van der Waals surface area contributed by atoms with E-state index in [2.05, 4.69) is 20.3 Å². The summed E-state index contributed by atoms with van der Waals surface area (Å²) in [5.74, 6) is -0.583. The van der Waals surface area contributed by atoms with Crippen LogP contribution >= 0.6 is 0 Å². The third-order valence-electron chi connectivity index (χ3n) is 3.81. The van der Waals surface area contributed by atoms with Gasteiger partial charge in [0.1, 0.15) is 5.65 Å². The number of hydrogen-bond acceptors (Lipinski definition) is 5. The van der Waals surface area contributed by atoms with Crippen LogP contribution in [-0.4, -0.2) is 32.6 Å². The van der Waals surface area contributed by atoms with Crippen molar-refractivity contribution in [2.75, 3.05) is 6.54 Å². The van der Waals surface area contributed by atoms with Gasteiger partial charge >= 0.3 is 0 Å². The average Bonchev–Trinajstić information content (AvgIpc) is 3.13. The van der Waals surface area contributed by atoms with Gasteiger partial charge in [-0.1, -0.05) is 6.07 Å². The highest BCUT2D eigenvalue weighted by Gasteiger charge is 2.02. The molecule has 1 amide bonds. The summed E-state index contributed by atoms with van der Waals surface area (Å²) in [5, 5.41) is 13.0.